The summed E-state index contributed by atoms with van der Waals surface area (Å²) in [6.45, 7) is 3.99. The third kappa shape index (κ3) is 5.24. The van der Waals surface area contributed by atoms with Crippen molar-refractivity contribution < 1.29 is 4.79 Å². The summed E-state index contributed by atoms with van der Waals surface area (Å²) in [6.07, 6.45) is 11.3. The molecule has 6 rings (SSSR count). The summed E-state index contributed by atoms with van der Waals surface area (Å²) < 4.78 is 0. The van der Waals surface area contributed by atoms with Crippen molar-refractivity contribution in [3.8, 4) is 0 Å². The SMILES string of the molecule is Cl.NC1CCN(CCc2ccc(Cl)c(C(=O)NCC34CC5CC(CC(C5)C3)C4)c2)CC1. The summed E-state index contributed by atoms with van der Waals surface area (Å²) in [4.78, 5) is 15.5. The lowest BCUT2D eigenvalue weighted by Gasteiger charge is -2.56. The van der Waals surface area contributed by atoms with Gasteiger partial charge in [-0.25, -0.2) is 0 Å². The monoisotopic (exact) mass is 465 g/mol. The predicted molar refractivity (Wildman–Crippen MR) is 129 cm³/mol. The van der Waals surface area contributed by atoms with E-state index in [2.05, 4.69) is 16.3 Å². The number of amides is 1. The van der Waals surface area contributed by atoms with Crippen LogP contribution in [0.1, 0.15) is 67.3 Å². The number of rotatable bonds is 6. The van der Waals surface area contributed by atoms with E-state index in [1.54, 1.807) is 0 Å². The van der Waals surface area contributed by atoms with Gasteiger partial charge in [-0.1, -0.05) is 17.7 Å². The Morgan fingerprint density at radius 3 is 2.32 bits per heavy atom. The second kappa shape index (κ2) is 9.59. The Kier molecular flexibility index (Phi) is 7.22. The van der Waals surface area contributed by atoms with E-state index in [1.165, 1.54) is 44.1 Å². The summed E-state index contributed by atoms with van der Waals surface area (Å²) in [5, 5.41) is 3.85. The van der Waals surface area contributed by atoms with Crippen LogP contribution in [0.2, 0.25) is 5.02 Å². The number of hydrogen-bond donors (Lipinski definition) is 2. The van der Waals surface area contributed by atoms with E-state index in [0.29, 0.717) is 22.0 Å². The lowest BCUT2D eigenvalue weighted by Crippen LogP contribution is -2.51. The van der Waals surface area contributed by atoms with Crippen LogP contribution in [-0.2, 0) is 6.42 Å². The molecule has 4 nitrogen and oxygen atoms in total. The largest absolute Gasteiger partial charge is 0.351 e. The number of benzene rings is 1. The van der Waals surface area contributed by atoms with E-state index >= 15 is 0 Å². The van der Waals surface area contributed by atoms with Crippen LogP contribution in [0.15, 0.2) is 18.2 Å². The van der Waals surface area contributed by atoms with E-state index in [4.69, 9.17) is 17.3 Å². The molecule has 4 saturated carbocycles. The van der Waals surface area contributed by atoms with Crippen molar-refractivity contribution in [3.05, 3.63) is 34.3 Å². The summed E-state index contributed by atoms with van der Waals surface area (Å²) in [7, 11) is 0. The van der Waals surface area contributed by atoms with Crippen molar-refractivity contribution in [2.24, 2.45) is 28.9 Å². The average molecular weight is 466 g/mol. The fraction of sp³-hybridized carbons (Fsp3) is 0.720. The maximum Gasteiger partial charge on any atom is 0.252 e. The zero-order chi connectivity index (χ0) is 20.7. The molecule has 1 saturated heterocycles. The van der Waals surface area contributed by atoms with Gasteiger partial charge in [-0.05, 0) is 112 Å². The smallest absolute Gasteiger partial charge is 0.252 e. The Labute approximate surface area is 198 Å². The summed E-state index contributed by atoms with van der Waals surface area (Å²) >= 11 is 6.43. The quantitative estimate of drug-likeness (QED) is 0.641. The highest BCUT2D eigenvalue weighted by Gasteiger charge is 2.50. The van der Waals surface area contributed by atoms with Crippen molar-refractivity contribution in [2.45, 2.75) is 63.8 Å². The summed E-state index contributed by atoms with van der Waals surface area (Å²) in [5.41, 5.74) is 8.19. The van der Waals surface area contributed by atoms with Crippen molar-refractivity contribution in [3.63, 3.8) is 0 Å². The Morgan fingerprint density at radius 1 is 1.10 bits per heavy atom. The Hall–Kier alpha value is -0.810. The Balaban J connectivity index is 0.00000231. The van der Waals surface area contributed by atoms with Gasteiger partial charge in [0.2, 0.25) is 0 Å². The maximum absolute atomic E-state index is 13.0. The van der Waals surface area contributed by atoms with Crippen molar-refractivity contribution in [1.29, 1.82) is 0 Å². The first-order valence-electron chi connectivity index (χ1n) is 12.0. The molecule has 1 aromatic carbocycles. The lowest BCUT2D eigenvalue weighted by molar-refractivity contribution is -0.0503. The number of carbonyl (C=O) groups excluding carboxylic acids is 1. The van der Waals surface area contributed by atoms with E-state index in [-0.39, 0.29) is 18.3 Å². The number of piperidine rings is 1. The molecule has 0 spiro atoms. The molecule has 1 heterocycles. The molecule has 1 aromatic rings. The molecule has 3 N–H and O–H groups in total. The molecule has 172 valence electrons. The van der Waals surface area contributed by atoms with Gasteiger partial charge in [0.15, 0.2) is 0 Å². The molecule has 1 amide bonds. The average Bonchev–Trinajstić information content (AvgIpc) is 2.72. The molecule has 5 fully saturated rings. The number of nitrogens with zero attached hydrogens (tertiary/aromatic N) is 1. The Bertz CT molecular complexity index is 756. The van der Waals surface area contributed by atoms with Crippen molar-refractivity contribution in [1.82, 2.24) is 10.2 Å². The van der Waals surface area contributed by atoms with Gasteiger partial charge < -0.3 is 16.0 Å². The molecule has 31 heavy (non-hydrogen) atoms. The van der Waals surface area contributed by atoms with Gasteiger partial charge >= 0.3 is 0 Å². The van der Waals surface area contributed by atoms with E-state index in [9.17, 15) is 4.79 Å². The minimum Gasteiger partial charge on any atom is -0.351 e. The van der Waals surface area contributed by atoms with Crippen LogP contribution in [0.3, 0.4) is 0 Å². The van der Waals surface area contributed by atoms with Gasteiger partial charge in [0.25, 0.3) is 5.91 Å². The summed E-state index contributed by atoms with van der Waals surface area (Å²) in [6, 6.07) is 6.32. The van der Waals surface area contributed by atoms with Crippen molar-refractivity contribution >= 4 is 29.9 Å². The molecular formula is C25H37Cl2N3O. The normalized spacial score (nSPS) is 32.6. The standard InChI is InChI=1S/C25H36ClN3O.ClH/c26-23-2-1-17(3-6-29-7-4-21(27)5-8-29)12-22(23)24(30)28-16-25-13-18-9-19(14-25)11-20(10-18)15-25;/h1-2,12,18-21H,3-11,13-16,27H2,(H,28,30);1H. The number of halogens is 2. The molecule has 4 bridgehead atoms. The molecule has 5 aliphatic rings. The number of nitrogens with two attached hydrogens (primary N) is 1. The Morgan fingerprint density at radius 2 is 1.71 bits per heavy atom. The fourth-order valence-electron chi connectivity index (χ4n) is 7.24. The zero-order valence-corrected chi connectivity index (χ0v) is 20.0. The molecule has 0 radical (unpaired) electrons. The minimum absolute atomic E-state index is 0. The maximum atomic E-state index is 13.0. The van der Waals surface area contributed by atoms with Gasteiger partial charge in [0.05, 0.1) is 10.6 Å². The minimum atomic E-state index is 0. The predicted octanol–water partition coefficient (Wildman–Crippen LogP) is 4.67. The highest BCUT2D eigenvalue weighted by Crippen LogP contribution is 2.59. The van der Waals surface area contributed by atoms with Gasteiger partial charge in [0, 0.05) is 19.1 Å². The second-order valence-electron chi connectivity index (χ2n) is 10.8. The van der Waals surface area contributed by atoms with Gasteiger partial charge in [-0.15, -0.1) is 12.4 Å². The van der Waals surface area contributed by atoms with Crippen LogP contribution in [0.5, 0.6) is 0 Å². The van der Waals surface area contributed by atoms with Gasteiger partial charge in [0.1, 0.15) is 0 Å². The van der Waals surface area contributed by atoms with Crippen LogP contribution in [0.4, 0.5) is 0 Å². The van der Waals surface area contributed by atoms with Gasteiger partial charge in [-0.2, -0.15) is 0 Å². The second-order valence-corrected chi connectivity index (χ2v) is 11.3. The zero-order valence-electron chi connectivity index (χ0n) is 18.5. The highest BCUT2D eigenvalue weighted by atomic mass is 35.5. The number of nitrogens with one attached hydrogen (secondary N) is 1. The molecule has 0 atom stereocenters. The van der Waals surface area contributed by atoms with Crippen molar-refractivity contribution in [2.75, 3.05) is 26.2 Å². The number of hydrogen-bond acceptors (Lipinski definition) is 3. The van der Waals surface area contributed by atoms with Crippen LogP contribution in [0.25, 0.3) is 0 Å². The number of likely N-dealkylation sites (tertiary alicyclic amines) is 1. The van der Waals surface area contributed by atoms with Crippen LogP contribution < -0.4 is 11.1 Å². The first-order valence-corrected chi connectivity index (χ1v) is 12.4. The highest BCUT2D eigenvalue weighted by molar-refractivity contribution is 6.33. The van der Waals surface area contributed by atoms with E-state index in [0.717, 1.165) is 63.2 Å². The lowest BCUT2D eigenvalue weighted by atomic mass is 9.49. The molecule has 0 unspecified atom stereocenters. The third-order valence-electron chi connectivity index (χ3n) is 8.41. The van der Waals surface area contributed by atoms with E-state index < -0.39 is 0 Å². The molecular weight excluding hydrogens is 429 g/mol. The molecule has 1 aliphatic heterocycles. The number of carbonyl (C=O) groups is 1. The molecule has 0 aromatic heterocycles. The van der Waals surface area contributed by atoms with Gasteiger partial charge in [-0.3, -0.25) is 4.79 Å². The first-order chi connectivity index (χ1) is 14.5. The van der Waals surface area contributed by atoms with Crippen LogP contribution >= 0.6 is 24.0 Å². The van der Waals surface area contributed by atoms with Crippen LogP contribution in [0, 0.1) is 23.2 Å². The molecule has 6 heteroatoms. The molecule has 4 aliphatic carbocycles. The topological polar surface area (TPSA) is 58.4 Å². The summed E-state index contributed by atoms with van der Waals surface area (Å²) in [5.74, 6) is 2.72. The third-order valence-corrected chi connectivity index (χ3v) is 8.74. The first kappa shape index (κ1) is 23.4. The fourth-order valence-corrected chi connectivity index (χ4v) is 7.44. The van der Waals surface area contributed by atoms with Crippen LogP contribution in [-0.4, -0.2) is 43.0 Å². The van der Waals surface area contributed by atoms with E-state index in [1.807, 2.05) is 12.1 Å².